The van der Waals surface area contributed by atoms with Gasteiger partial charge < -0.3 is 14.9 Å². The fraction of sp³-hybridized carbons (Fsp3) is 0.381. The molecule has 32 heavy (non-hydrogen) atoms. The molecule has 3 heterocycles. The first-order chi connectivity index (χ1) is 15.0. The molecule has 2 aromatic rings. The molecule has 2 aliphatic heterocycles. The Morgan fingerprint density at radius 3 is 2.34 bits per heavy atom. The molecular formula is C21H22F3N3O4S. The van der Waals surface area contributed by atoms with Crippen LogP contribution in [0.4, 0.5) is 18.9 Å². The van der Waals surface area contributed by atoms with Gasteiger partial charge in [0.2, 0.25) is 5.91 Å². The number of benzene rings is 1. The van der Waals surface area contributed by atoms with Crippen molar-refractivity contribution in [1.29, 1.82) is 0 Å². The van der Waals surface area contributed by atoms with Crippen molar-refractivity contribution in [2.45, 2.75) is 18.1 Å². The summed E-state index contributed by atoms with van der Waals surface area (Å²) >= 11 is 1.60. The number of thiophene rings is 1. The normalized spacial score (nSPS) is 21.4. The monoisotopic (exact) mass is 469 g/mol. The molecule has 1 aromatic carbocycles. The van der Waals surface area contributed by atoms with Gasteiger partial charge in [0.1, 0.15) is 0 Å². The molecule has 1 atom stereocenters. The summed E-state index contributed by atoms with van der Waals surface area (Å²) in [5.41, 5.74) is 1.53. The maximum atomic E-state index is 12.8. The van der Waals surface area contributed by atoms with Gasteiger partial charge in [-0.2, -0.15) is 24.5 Å². The summed E-state index contributed by atoms with van der Waals surface area (Å²) in [7, 11) is 2.00. The van der Waals surface area contributed by atoms with Crippen molar-refractivity contribution in [2.24, 2.45) is 0 Å². The molecule has 1 aromatic heterocycles. The summed E-state index contributed by atoms with van der Waals surface area (Å²) in [4.78, 5) is 40.1. The third kappa shape index (κ3) is 5.10. The Balaban J connectivity index is 0.000000360. The number of likely N-dealkylation sites (N-methyl/N-ethyl adjacent to an activating group) is 1. The van der Waals surface area contributed by atoms with E-state index in [0.29, 0.717) is 19.6 Å². The number of carbonyl (C=O) groups is 3. The van der Waals surface area contributed by atoms with Gasteiger partial charge in [-0.05, 0) is 37.0 Å². The third-order valence-corrected chi connectivity index (χ3v) is 6.31. The van der Waals surface area contributed by atoms with Crippen molar-refractivity contribution < 1.29 is 32.7 Å². The number of alkyl halides is 3. The minimum Gasteiger partial charge on any atom is -0.475 e. The van der Waals surface area contributed by atoms with Crippen LogP contribution >= 0.6 is 11.3 Å². The first-order valence-electron chi connectivity index (χ1n) is 9.72. The molecule has 1 unspecified atom stereocenters. The number of hydrogen-bond acceptors (Lipinski definition) is 5. The molecule has 172 valence electrons. The Hall–Kier alpha value is -2.92. The number of amides is 2. The van der Waals surface area contributed by atoms with E-state index in [-0.39, 0.29) is 17.4 Å². The van der Waals surface area contributed by atoms with Gasteiger partial charge in [0, 0.05) is 30.6 Å². The van der Waals surface area contributed by atoms with Gasteiger partial charge in [-0.25, -0.2) is 4.79 Å². The number of carbonyl (C=O) groups excluding carboxylic acids is 2. The molecule has 0 aliphatic carbocycles. The van der Waals surface area contributed by atoms with Crippen LogP contribution in [0.1, 0.15) is 16.8 Å². The largest absolute Gasteiger partial charge is 0.490 e. The Labute approximate surface area is 186 Å². The smallest absolute Gasteiger partial charge is 0.475 e. The lowest BCUT2D eigenvalue weighted by Crippen LogP contribution is -2.64. The van der Waals surface area contributed by atoms with Gasteiger partial charge in [0.25, 0.3) is 5.91 Å². The average Bonchev–Trinajstić information content (AvgIpc) is 3.42. The molecule has 2 saturated heterocycles. The van der Waals surface area contributed by atoms with Crippen LogP contribution in [0.3, 0.4) is 0 Å². The Morgan fingerprint density at radius 2 is 1.78 bits per heavy atom. The molecule has 4 rings (SSSR count). The van der Waals surface area contributed by atoms with Gasteiger partial charge in [-0.3, -0.25) is 14.5 Å². The van der Waals surface area contributed by atoms with Gasteiger partial charge in [0.15, 0.2) is 0 Å². The van der Waals surface area contributed by atoms with Crippen molar-refractivity contribution in [2.75, 3.05) is 38.1 Å². The van der Waals surface area contributed by atoms with Crippen LogP contribution in [0.2, 0.25) is 0 Å². The minimum absolute atomic E-state index is 0.0739. The van der Waals surface area contributed by atoms with E-state index in [1.807, 2.05) is 64.0 Å². The second-order valence-corrected chi connectivity index (χ2v) is 8.47. The highest BCUT2D eigenvalue weighted by atomic mass is 32.1. The maximum Gasteiger partial charge on any atom is 0.490 e. The SMILES string of the molecule is CN1CC(=O)N(c2ccsc2)CC12CCN(C(=O)c1ccccc1)C2.O=C(O)C(F)(F)F. The van der Waals surface area contributed by atoms with E-state index >= 15 is 0 Å². The highest BCUT2D eigenvalue weighted by molar-refractivity contribution is 7.08. The van der Waals surface area contributed by atoms with Crippen molar-refractivity contribution in [3.05, 3.63) is 52.7 Å². The van der Waals surface area contributed by atoms with Crippen LogP contribution < -0.4 is 4.90 Å². The first kappa shape index (κ1) is 23.7. The topological polar surface area (TPSA) is 81.2 Å². The van der Waals surface area contributed by atoms with Crippen LogP contribution in [0.5, 0.6) is 0 Å². The van der Waals surface area contributed by atoms with Gasteiger partial charge in [0.05, 0.1) is 17.8 Å². The molecular weight excluding hydrogens is 447 g/mol. The molecule has 1 spiro atoms. The van der Waals surface area contributed by atoms with E-state index in [0.717, 1.165) is 24.2 Å². The van der Waals surface area contributed by atoms with Crippen LogP contribution in [0, 0.1) is 0 Å². The number of aliphatic carboxylic acids is 1. The van der Waals surface area contributed by atoms with E-state index in [2.05, 4.69) is 4.90 Å². The fourth-order valence-electron chi connectivity index (χ4n) is 3.84. The average molecular weight is 469 g/mol. The minimum atomic E-state index is -5.08. The van der Waals surface area contributed by atoms with Crippen molar-refractivity contribution in [3.63, 3.8) is 0 Å². The molecule has 2 aliphatic rings. The fourth-order valence-corrected chi connectivity index (χ4v) is 4.48. The summed E-state index contributed by atoms with van der Waals surface area (Å²) in [6.45, 7) is 2.41. The van der Waals surface area contributed by atoms with Crippen LogP contribution in [0.15, 0.2) is 47.2 Å². The quantitative estimate of drug-likeness (QED) is 0.732. The number of rotatable bonds is 2. The highest BCUT2D eigenvalue weighted by Crippen LogP contribution is 2.34. The summed E-state index contributed by atoms with van der Waals surface area (Å²) in [6.07, 6.45) is -4.20. The molecule has 0 saturated carbocycles. The number of carboxylic acid groups (broad SMARTS) is 1. The first-order valence-corrected chi connectivity index (χ1v) is 10.7. The molecule has 2 fully saturated rings. The number of hydrogen-bond donors (Lipinski definition) is 1. The van der Waals surface area contributed by atoms with Gasteiger partial charge in [-0.15, -0.1) is 0 Å². The summed E-state index contributed by atoms with van der Waals surface area (Å²) in [6, 6.07) is 11.4. The molecule has 7 nitrogen and oxygen atoms in total. The number of halogens is 3. The lowest BCUT2D eigenvalue weighted by Gasteiger charge is -2.46. The van der Waals surface area contributed by atoms with Crippen molar-refractivity contribution in [3.8, 4) is 0 Å². The third-order valence-electron chi connectivity index (χ3n) is 5.64. The molecule has 11 heteroatoms. The summed E-state index contributed by atoms with van der Waals surface area (Å²) < 4.78 is 31.7. The van der Waals surface area contributed by atoms with Crippen molar-refractivity contribution >= 4 is 34.8 Å². The number of piperazine rings is 1. The second-order valence-electron chi connectivity index (χ2n) is 7.69. The Bertz CT molecular complexity index is 968. The zero-order valence-electron chi connectivity index (χ0n) is 17.2. The summed E-state index contributed by atoms with van der Waals surface area (Å²) in [5.74, 6) is -2.56. The number of carboxylic acids is 1. The predicted octanol–water partition coefficient (Wildman–Crippen LogP) is 2.94. The van der Waals surface area contributed by atoms with Crippen LogP contribution in [-0.4, -0.2) is 77.6 Å². The predicted molar refractivity (Wildman–Crippen MR) is 113 cm³/mol. The molecule has 1 N–H and O–H groups in total. The van der Waals surface area contributed by atoms with Gasteiger partial charge in [-0.1, -0.05) is 18.2 Å². The molecule has 0 bridgehead atoms. The number of nitrogens with zero attached hydrogens (tertiary/aromatic N) is 3. The molecule has 2 amide bonds. The van der Waals surface area contributed by atoms with E-state index in [4.69, 9.17) is 9.90 Å². The van der Waals surface area contributed by atoms with E-state index in [9.17, 15) is 22.8 Å². The Morgan fingerprint density at radius 1 is 1.12 bits per heavy atom. The second kappa shape index (κ2) is 9.29. The van der Waals surface area contributed by atoms with E-state index in [1.54, 1.807) is 11.3 Å². The van der Waals surface area contributed by atoms with Crippen LogP contribution in [0.25, 0.3) is 0 Å². The highest BCUT2D eigenvalue weighted by Gasteiger charge is 2.48. The Kier molecular flexibility index (Phi) is 6.89. The zero-order chi connectivity index (χ0) is 23.5. The standard InChI is InChI=1S/C19H21N3O2S.C2HF3O2/c1-20-11-17(23)22(16-7-10-25-12-16)14-19(20)8-9-21(13-19)18(24)15-5-3-2-4-6-15;3-2(4,5)1(6)7/h2-7,10,12H,8-9,11,13-14H2,1H3;(H,6,7). The van der Waals surface area contributed by atoms with Crippen LogP contribution in [-0.2, 0) is 9.59 Å². The summed E-state index contributed by atoms with van der Waals surface area (Å²) in [5, 5.41) is 11.1. The number of anilines is 1. The zero-order valence-corrected chi connectivity index (χ0v) is 18.0. The molecule has 0 radical (unpaired) electrons. The lowest BCUT2D eigenvalue weighted by molar-refractivity contribution is -0.192. The van der Waals surface area contributed by atoms with Gasteiger partial charge >= 0.3 is 12.1 Å². The maximum absolute atomic E-state index is 12.8. The number of likely N-dealkylation sites (tertiary alicyclic amines) is 1. The lowest BCUT2D eigenvalue weighted by atomic mass is 9.93. The van der Waals surface area contributed by atoms with Crippen molar-refractivity contribution in [1.82, 2.24) is 9.80 Å². The van der Waals surface area contributed by atoms with E-state index in [1.165, 1.54) is 0 Å². The van der Waals surface area contributed by atoms with E-state index < -0.39 is 12.1 Å².